The second-order valence-electron chi connectivity index (χ2n) is 7.41. The molecule has 0 aliphatic heterocycles. The Morgan fingerprint density at radius 1 is 1.07 bits per heavy atom. The Morgan fingerprint density at radius 3 is 2.55 bits per heavy atom. The fourth-order valence-corrected chi connectivity index (χ4v) is 4.38. The lowest BCUT2D eigenvalue weighted by molar-refractivity contribution is 0.557. The molecule has 5 rings (SSSR count). The molecule has 0 bridgehead atoms. The predicted molar refractivity (Wildman–Crippen MR) is 109 cm³/mol. The van der Waals surface area contributed by atoms with E-state index in [0.29, 0.717) is 11.1 Å². The van der Waals surface area contributed by atoms with Crippen LogP contribution in [0.1, 0.15) is 23.1 Å². The third-order valence-electron chi connectivity index (χ3n) is 5.67. The predicted octanol–water partition coefficient (Wildman–Crippen LogP) is 1.73. The van der Waals surface area contributed by atoms with Gasteiger partial charge in [0.05, 0.1) is 6.54 Å². The van der Waals surface area contributed by atoms with E-state index in [0.717, 1.165) is 29.2 Å². The zero-order valence-electron chi connectivity index (χ0n) is 15.9. The molecule has 0 spiro atoms. The van der Waals surface area contributed by atoms with Crippen molar-refractivity contribution in [2.24, 2.45) is 14.1 Å². The molecule has 3 aromatic heterocycles. The zero-order chi connectivity index (χ0) is 20.4. The van der Waals surface area contributed by atoms with Gasteiger partial charge in [-0.15, -0.1) is 0 Å². The summed E-state index contributed by atoms with van der Waals surface area (Å²) in [5, 5.41) is 0.880. The minimum Gasteiger partial charge on any atom is -0.423 e. The Balaban J connectivity index is 1.78. The van der Waals surface area contributed by atoms with Gasteiger partial charge in [0.15, 0.2) is 11.2 Å². The van der Waals surface area contributed by atoms with E-state index in [-0.39, 0.29) is 23.0 Å². The van der Waals surface area contributed by atoms with Gasteiger partial charge in [-0.3, -0.25) is 13.9 Å². The molecule has 0 amide bonds. The molecule has 29 heavy (non-hydrogen) atoms. The Bertz CT molecular complexity index is 1510. The van der Waals surface area contributed by atoms with E-state index in [1.807, 2.05) is 6.07 Å². The van der Waals surface area contributed by atoms with Gasteiger partial charge < -0.3 is 8.98 Å². The Hall–Kier alpha value is -3.13. The second kappa shape index (κ2) is 6.18. The smallest absolute Gasteiger partial charge is 0.336 e. The fourth-order valence-electron chi connectivity index (χ4n) is 4.16. The highest BCUT2D eigenvalue weighted by atomic mass is 35.5. The minimum absolute atomic E-state index is 0.0702. The maximum Gasteiger partial charge on any atom is 0.336 e. The van der Waals surface area contributed by atoms with Crippen LogP contribution in [0, 0.1) is 0 Å². The maximum atomic E-state index is 12.8. The first-order valence-electron chi connectivity index (χ1n) is 9.25. The standard InChI is InChI=1S/C20H17ClN4O4/c1-23-17-16(18(27)24(2)20(23)28)25(19(21)22-17)9-12-8-15(26)29-14-7-11-5-3-4-10(11)6-13(12)14/h6-8H,3-5,9H2,1-2H3. The molecule has 4 aromatic rings. The molecule has 0 saturated heterocycles. The number of hydrogen-bond acceptors (Lipinski definition) is 5. The number of aromatic nitrogens is 4. The van der Waals surface area contributed by atoms with Crippen molar-refractivity contribution >= 4 is 33.7 Å². The average molecular weight is 413 g/mol. The molecule has 0 fully saturated rings. The highest BCUT2D eigenvalue weighted by Crippen LogP contribution is 2.29. The summed E-state index contributed by atoms with van der Waals surface area (Å²) in [5.74, 6) is 0. The van der Waals surface area contributed by atoms with E-state index in [9.17, 15) is 14.4 Å². The molecule has 0 unspecified atom stereocenters. The van der Waals surface area contributed by atoms with Crippen LogP contribution in [0.3, 0.4) is 0 Å². The van der Waals surface area contributed by atoms with Crippen molar-refractivity contribution in [3.05, 3.63) is 71.4 Å². The highest BCUT2D eigenvalue weighted by Gasteiger charge is 2.20. The van der Waals surface area contributed by atoms with Crippen LogP contribution < -0.4 is 16.9 Å². The second-order valence-corrected chi connectivity index (χ2v) is 7.74. The van der Waals surface area contributed by atoms with E-state index in [1.54, 1.807) is 0 Å². The molecule has 0 N–H and O–H groups in total. The van der Waals surface area contributed by atoms with Gasteiger partial charge in [-0.1, -0.05) is 0 Å². The topological polar surface area (TPSA) is 92.0 Å². The lowest BCUT2D eigenvalue weighted by Gasteiger charge is -2.10. The van der Waals surface area contributed by atoms with Gasteiger partial charge in [-0.25, -0.2) is 9.59 Å². The molecule has 3 heterocycles. The summed E-state index contributed by atoms with van der Waals surface area (Å²) >= 11 is 6.34. The number of benzene rings is 1. The van der Waals surface area contributed by atoms with E-state index >= 15 is 0 Å². The van der Waals surface area contributed by atoms with Crippen LogP contribution in [-0.2, 0) is 33.5 Å². The van der Waals surface area contributed by atoms with Crippen molar-refractivity contribution < 1.29 is 4.42 Å². The van der Waals surface area contributed by atoms with Gasteiger partial charge in [0.1, 0.15) is 5.58 Å². The highest BCUT2D eigenvalue weighted by molar-refractivity contribution is 6.29. The summed E-state index contributed by atoms with van der Waals surface area (Å²) in [6.45, 7) is 0.156. The van der Waals surface area contributed by atoms with E-state index in [2.05, 4.69) is 11.1 Å². The number of imidazole rings is 1. The number of fused-ring (bicyclic) bond motifs is 3. The molecule has 0 saturated carbocycles. The van der Waals surface area contributed by atoms with Crippen LogP contribution in [0.15, 0.2) is 37.0 Å². The summed E-state index contributed by atoms with van der Waals surface area (Å²) in [6, 6.07) is 5.40. The molecule has 8 nitrogen and oxygen atoms in total. The van der Waals surface area contributed by atoms with Crippen LogP contribution in [0.25, 0.3) is 22.1 Å². The van der Waals surface area contributed by atoms with E-state index < -0.39 is 16.9 Å². The maximum absolute atomic E-state index is 12.8. The molecule has 1 aromatic carbocycles. The van der Waals surface area contributed by atoms with Gasteiger partial charge in [0, 0.05) is 25.5 Å². The van der Waals surface area contributed by atoms with E-state index in [4.69, 9.17) is 16.0 Å². The van der Waals surface area contributed by atoms with Crippen molar-refractivity contribution in [1.29, 1.82) is 0 Å². The molecular weight excluding hydrogens is 396 g/mol. The molecular formula is C20H17ClN4O4. The van der Waals surface area contributed by atoms with Gasteiger partial charge in [0.25, 0.3) is 5.56 Å². The monoisotopic (exact) mass is 412 g/mol. The minimum atomic E-state index is -0.490. The molecule has 0 radical (unpaired) electrons. The van der Waals surface area contributed by atoms with Crippen molar-refractivity contribution in [1.82, 2.24) is 18.7 Å². The zero-order valence-corrected chi connectivity index (χ0v) is 16.6. The van der Waals surface area contributed by atoms with Crippen molar-refractivity contribution in [2.45, 2.75) is 25.8 Å². The first-order chi connectivity index (χ1) is 13.8. The summed E-state index contributed by atoms with van der Waals surface area (Å²) in [7, 11) is 2.94. The van der Waals surface area contributed by atoms with Gasteiger partial charge >= 0.3 is 11.3 Å². The first-order valence-corrected chi connectivity index (χ1v) is 9.63. The van der Waals surface area contributed by atoms with E-state index in [1.165, 1.54) is 40.4 Å². The fraction of sp³-hybridized carbons (Fsp3) is 0.300. The number of aryl methyl sites for hydroxylation is 3. The van der Waals surface area contributed by atoms with Gasteiger partial charge in [-0.2, -0.15) is 4.98 Å². The van der Waals surface area contributed by atoms with Crippen LogP contribution in [0.2, 0.25) is 5.28 Å². The van der Waals surface area contributed by atoms with Crippen molar-refractivity contribution in [2.75, 3.05) is 0 Å². The lowest BCUT2D eigenvalue weighted by atomic mass is 10.0. The van der Waals surface area contributed by atoms with Gasteiger partial charge in [-0.05, 0) is 59.7 Å². The summed E-state index contributed by atoms with van der Waals surface area (Å²) in [5.41, 5.74) is 2.63. The quantitative estimate of drug-likeness (QED) is 0.369. The third-order valence-corrected chi connectivity index (χ3v) is 5.96. The molecule has 0 atom stereocenters. The SMILES string of the molecule is Cn1c(=O)c2c(nc(Cl)n2Cc2cc(=O)oc3cc4c(cc23)CCC4)n(C)c1=O. The Morgan fingerprint density at radius 2 is 1.79 bits per heavy atom. The summed E-state index contributed by atoms with van der Waals surface area (Å²) < 4.78 is 9.24. The first kappa shape index (κ1) is 17.9. The number of halogens is 1. The largest absolute Gasteiger partial charge is 0.423 e. The molecule has 9 heteroatoms. The van der Waals surface area contributed by atoms with Crippen molar-refractivity contribution in [3.63, 3.8) is 0 Å². The Labute approximate surface area is 168 Å². The van der Waals surface area contributed by atoms with Gasteiger partial charge in [0.2, 0.25) is 5.28 Å². The molecule has 1 aliphatic rings. The molecule has 1 aliphatic carbocycles. The number of rotatable bonds is 2. The van der Waals surface area contributed by atoms with Crippen LogP contribution >= 0.6 is 11.6 Å². The number of hydrogen-bond donors (Lipinski definition) is 0. The average Bonchev–Trinajstić information content (AvgIpc) is 3.27. The van der Waals surface area contributed by atoms with Crippen molar-refractivity contribution in [3.8, 4) is 0 Å². The molecule has 148 valence electrons. The summed E-state index contributed by atoms with van der Waals surface area (Å²) in [6.07, 6.45) is 3.04. The third kappa shape index (κ3) is 2.59. The van der Waals surface area contributed by atoms with Crippen LogP contribution in [0.5, 0.6) is 0 Å². The van der Waals surface area contributed by atoms with Crippen LogP contribution in [0.4, 0.5) is 0 Å². The summed E-state index contributed by atoms with van der Waals surface area (Å²) in [4.78, 5) is 41.3. The number of nitrogens with zero attached hydrogens (tertiary/aromatic N) is 4. The van der Waals surface area contributed by atoms with Crippen LogP contribution in [-0.4, -0.2) is 18.7 Å². The normalized spacial score (nSPS) is 13.5. The Kier molecular flexibility index (Phi) is 3.82. The lowest BCUT2D eigenvalue weighted by Crippen LogP contribution is -2.37.